The largest absolute Gasteiger partial charge is 0.444 e. The first-order valence-electron chi connectivity index (χ1n) is 5.85. The third-order valence-corrected chi connectivity index (χ3v) is 4.42. The maximum Gasteiger partial charge on any atom is 0.199 e. The van der Waals surface area contributed by atoms with Gasteiger partial charge in [-0.2, -0.15) is 0 Å². The second kappa shape index (κ2) is 5.55. The molecule has 2 nitrogen and oxygen atoms in total. The molecule has 0 aliphatic carbocycles. The fraction of sp³-hybridized carbons (Fsp3) is 0.143. The fourth-order valence-electron chi connectivity index (χ4n) is 1.99. The SMILES string of the molecule is Clc1ccc(CNCc2c(Cl)oc3ccccc23)s1. The second-order valence-corrected chi connectivity index (χ2v) is 6.30. The Kier molecular flexibility index (Phi) is 3.80. The van der Waals surface area contributed by atoms with Crippen LogP contribution in [0, 0.1) is 0 Å². The zero-order chi connectivity index (χ0) is 13.2. The number of hydrogen-bond acceptors (Lipinski definition) is 3. The Labute approximate surface area is 124 Å². The van der Waals surface area contributed by atoms with E-state index in [1.165, 1.54) is 4.88 Å². The summed E-state index contributed by atoms with van der Waals surface area (Å²) in [4.78, 5) is 1.20. The number of rotatable bonds is 4. The highest BCUT2D eigenvalue weighted by molar-refractivity contribution is 7.16. The van der Waals surface area contributed by atoms with Crippen molar-refractivity contribution in [2.75, 3.05) is 0 Å². The Morgan fingerprint density at radius 3 is 2.68 bits per heavy atom. The molecule has 2 aromatic heterocycles. The normalized spacial score (nSPS) is 11.3. The molecule has 0 amide bonds. The Bertz CT molecular complexity index is 704. The molecule has 0 saturated carbocycles. The molecule has 0 radical (unpaired) electrons. The van der Waals surface area contributed by atoms with Crippen molar-refractivity contribution in [3.63, 3.8) is 0 Å². The van der Waals surface area contributed by atoms with Gasteiger partial charge in [0.2, 0.25) is 0 Å². The first-order chi connectivity index (χ1) is 9.24. The molecule has 98 valence electrons. The first kappa shape index (κ1) is 13.0. The van der Waals surface area contributed by atoms with E-state index in [0.29, 0.717) is 11.8 Å². The van der Waals surface area contributed by atoms with Gasteiger partial charge in [-0.1, -0.05) is 29.8 Å². The molecule has 5 heteroatoms. The van der Waals surface area contributed by atoms with Gasteiger partial charge < -0.3 is 9.73 Å². The molecule has 0 unspecified atom stereocenters. The van der Waals surface area contributed by atoms with E-state index in [-0.39, 0.29) is 0 Å². The van der Waals surface area contributed by atoms with E-state index in [0.717, 1.165) is 27.4 Å². The van der Waals surface area contributed by atoms with Gasteiger partial charge in [0.05, 0.1) is 4.34 Å². The number of nitrogens with one attached hydrogen (secondary N) is 1. The molecule has 2 heterocycles. The van der Waals surface area contributed by atoms with Gasteiger partial charge in [-0.15, -0.1) is 11.3 Å². The van der Waals surface area contributed by atoms with Crippen LogP contribution in [0.4, 0.5) is 0 Å². The zero-order valence-corrected chi connectivity index (χ0v) is 12.3. The number of para-hydroxylation sites is 1. The van der Waals surface area contributed by atoms with Crippen molar-refractivity contribution in [1.29, 1.82) is 0 Å². The van der Waals surface area contributed by atoms with Gasteiger partial charge in [-0.05, 0) is 29.8 Å². The van der Waals surface area contributed by atoms with Crippen LogP contribution in [0.2, 0.25) is 9.56 Å². The molecule has 1 N–H and O–H groups in total. The molecule has 0 atom stereocenters. The Morgan fingerprint density at radius 2 is 1.89 bits per heavy atom. The van der Waals surface area contributed by atoms with Crippen LogP contribution >= 0.6 is 34.5 Å². The first-order valence-corrected chi connectivity index (χ1v) is 7.42. The van der Waals surface area contributed by atoms with Gasteiger partial charge in [-0.25, -0.2) is 0 Å². The molecule has 0 spiro atoms. The van der Waals surface area contributed by atoms with Gasteiger partial charge in [0.25, 0.3) is 0 Å². The summed E-state index contributed by atoms with van der Waals surface area (Å²) < 4.78 is 6.32. The Morgan fingerprint density at radius 1 is 1.05 bits per heavy atom. The molecule has 3 aromatic rings. The summed E-state index contributed by atoms with van der Waals surface area (Å²) in [5.41, 5.74) is 1.82. The van der Waals surface area contributed by atoms with Crippen molar-refractivity contribution in [2.45, 2.75) is 13.1 Å². The standard InChI is InChI=1S/C14H11Cl2NOS/c15-13-6-5-9(19-13)7-17-8-11-10-3-1-2-4-12(10)18-14(11)16/h1-6,17H,7-8H2. The van der Waals surface area contributed by atoms with E-state index in [1.54, 1.807) is 11.3 Å². The number of benzene rings is 1. The average molecular weight is 312 g/mol. The van der Waals surface area contributed by atoms with Crippen molar-refractivity contribution < 1.29 is 4.42 Å². The smallest absolute Gasteiger partial charge is 0.199 e. The zero-order valence-electron chi connectivity index (χ0n) is 9.95. The van der Waals surface area contributed by atoms with E-state index in [4.69, 9.17) is 27.6 Å². The summed E-state index contributed by atoms with van der Waals surface area (Å²) in [6, 6.07) is 11.8. The fourth-order valence-corrected chi connectivity index (χ4v) is 3.30. The van der Waals surface area contributed by atoms with Crippen LogP contribution in [0.15, 0.2) is 40.8 Å². The quantitative estimate of drug-likeness (QED) is 0.726. The predicted molar refractivity (Wildman–Crippen MR) is 81.1 cm³/mol. The van der Waals surface area contributed by atoms with Gasteiger partial charge >= 0.3 is 0 Å². The summed E-state index contributed by atoms with van der Waals surface area (Å²) >= 11 is 13.6. The third kappa shape index (κ3) is 2.79. The maximum absolute atomic E-state index is 6.13. The summed E-state index contributed by atoms with van der Waals surface area (Å²) in [5.74, 6) is 0. The third-order valence-electron chi connectivity index (χ3n) is 2.88. The van der Waals surface area contributed by atoms with Crippen molar-refractivity contribution >= 4 is 45.5 Å². The topological polar surface area (TPSA) is 25.2 Å². The van der Waals surface area contributed by atoms with E-state index >= 15 is 0 Å². The van der Waals surface area contributed by atoms with Gasteiger partial charge in [0.15, 0.2) is 5.22 Å². The molecule has 0 aliphatic heterocycles. The summed E-state index contributed by atoms with van der Waals surface area (Å²) in [7, 11) is 0. The molecular formula is C14H11Cl2NOS. The lowest BCUT2D eigenvalue weighted by molar-refractivity contribution is 0.604. The minimum atomic E-state index is 0.456. The van der Waals surface area contributed by atoms with E-state index < -0.39 is 0 Å². The Hall–Kier alpha value is -1.00. The maximum atomic E-state index is 6.13. The predicted octanol–water partition coefficient (Wildman–Crippen LogP) is 5.09. The van der Waals surface area contributed by atoms with E-state index in [9.17, 15) is 0 Å². The lowest BCUT2D eigenvalue weighted by Gasteiger charge is -2.02. The molecule has 0 aliphatic rings. The number of hydrogen-bond donors (Lipinski definition) is 1. The minimum Gasteiger partial charge on any atom is -0.444 e. The number of thiophene rings is 1. The lowest BCUT2D eigenvalue weighted by Crippen LogP contribution is -2.11. The van der Waals surface area contributed by atoms with Crippen molar-refractivity contribution in [3.8, 4) is 0 Å². The summed E-state index contributed by atoms with van der Waals surface area (Å²) in [6.45, 7) is 1.44. The van der Waals surface area contributed by atoms with Crippen LogP contribution in [0.25, 0.3) is 11.0 Å². The van der Waals surface area contributed by atoms with Crippen molar-refractivity contribution in [1.82, 2.24) is 5.32 Å². The van der Waals surface area contributed by atoms with Crippen molar-refractivity contribution in [2.24, 2.45) is 0 Å². The molecule has 0 saturated heterocycles. The Balaban J connectivity index is 1.73. The highest BCUT2D eigenvalue weighted by Gasteiger charge is 2.11. The second-order valence-electron chi connectivity index (χ2n) is 4.16. The van der Waals surface area contributed by atoms with Gasteiger partial charge in [0, 0.05) is 28.9 Å². The van der Waals surface area contributed by atoms with Gasteiger partial charge in [-0.3, -0.25) is 0 Å². The molecule has 1 aromatic carbocycles. The van der Waals surface area contributed by atoms with Crippen LogP contribution in [0.3, 0.4) is 0 Å². The van der Waals surface area contributed by atoms with Crippen LogP contribution < -0.4 is 5.32 Å². The van der Waals surface area contributed by atoms with Crippen LogP contribution in [-0.4, -0.2) is 0 Å². The lowest BCUT2D eigenvalue weighted by atomic mass is 10.2. The number of halogens is 2. The summed E-state index contributed by atoms with van der Waals surface area (Å²) in [6.07, 6.45) is 0. The van der Waals surface area contributed by atoms with Gasteiger partial charge in [0.1, 0.15) is 5.58 Å². The highest BCUT2D eigenvalue weighted by atomic mass is 35.5. The monoisotopic (exact) mass is 311 g/mol. The van der Waals surface area contributed by atoms with E-state index in [2.05, 4.69) is 5.32 Å². The molecule has 0 fully saturated rings. The van der Waals surface area contributed by atoms with Crippen molar-refractivity contribution in [3.05, 3.63) is 56.4 Å². The highest BCUT2D eigenvalue weighted by Crippen LogP contribution is 2.29. The van der Waals surface area contributed by atoms with Crippen LogP contribution in [0.5, 0.6) is 0 Å². The summed E-state index contributed by atoms with van der Waals surface area (Å²) in [5, 5.41) is 4.87. The minimum absolute atomic E-state index is 0.456. The molecule has 3 rings (SSSR count). The number of fused-ring (bicyclic) bond motifs is 1. The van der Waals surface area contributed by atoms with Crippen LogP contribution in [-0.2, 0) is 13.1 Å². The van der Waals surface area contributed by atoms with Crippen LogP contribution in [0.1, 0.15) is 10.4 Å². The molecule has 0 bridgehead atoms. The molecular weight excluding hydrogens is 301 g/mol. The average Bonchev–Trinajstić information content (AvgIpc) is 2.94. The number of furan rings is 1. The molecule has 19 heavy (non-hydrogen) atoms. The van der Waals surface area contributed by atoms with E-state index in [1.807, 2.05) is 36.4 Å².